The highest BCUT2D eigenvalue weighted by atomic mass is 16.2. The highest BCUT2D eigenvalue weighted by Gasteiger charge is 2.34. The van der Waals surface area contributed by atoms with Crippen molar-refractivity contribution in [1.29, 1.82) is 0 Å². The fourth-order valence-corrected chi connectivity index (χ4v) is 4.89. The molecule has 0 saturated carbocycles. The lowest BCUT2D eigenvalue weighted by Crippen LogP contribution is -2.27. The number of nitrogens with one attached hydrogen (secondary N) is 2. The van der Waals surface area contributed by atoms with Crippen molar-refractivity contribution in [2.24, 2.45) is 7.05 Å². The summed E-state index contributed by atoms with van der Waals surface area (Å²) in [6.45, 7) is 2.61. The van der Waals surface area contributed by atoms with Crippen LogP contribution in [0.25, 0.3) is 33.0 Å². The average molecular weight is 396 g/mol. The van der Waals surface area contributed by atoms with E-state index in [0.29, 0.717) is 11.1 Å². The van der Waals surface area contributed by atoms with E-state index in [1.807, 2.05) is 54.2 Å². The Morgan fingerprint density at radius 3 is 2.50 bits per heavy atom. The Kier molecular flexibility index (Phi) is 3.55. The topological polar surface area (TPSA) is 68.1 Å². The van der Waals surface area contributed by atoms with Crippen molar-refractivity contribution in [3.05, 3.63) is 71.5 Å². The van der Waals surface area contributed by atoms with E-state index in [4.69, 9.17) is 0 Å². The Bertz CT molecular complexity index is 1420. The first-order valence-electron chi connectivity index (χ1n) is 10.1. The van der Waals surface area contributed by atoms with Gasteiger partial charge in [0.05, 0.1) is 11.1 Å². The molecule has 6 nitrogen and oxygen atoms in total. The lowest BCUT2D eigenvalue weighted by Gasteiger charge is -2.17. The van der Waals surface area contributed by atoms with Gasteiger partial charge in [-0.2, -0.15) is 0 Å². The quantitative estimate of drug-likeness (QED) is 0.512. The van der Waals surface area contributed by atoms with Crippen LogP contribution in [0.15, 0.2) is 54.7 Å². The summed E-state index contributed by atoms with van der Waals surface area (Å²) in [5.74, 6) is -0.674. The van der Waals surface area contributed by atoms with E-state index in [9.17, 15) is 9.59 Å². The summed E-state index contributed by atoms with van der Waals surface area (Å²) in [6, 6.07) is 16.1. The number of para-hydroxylation sites is 1. The van der Waals surface area contributed by atoms with Crippen LogP contribution in [-0.4, -0.2) is 27.5 Å². The number of carbonyl (C=O) groups is 2. The first-order valence-corrected chi connectivity index (χ1v) is 10.1. The van der Waals surface area contributed by atoms with E-state index < -0.39 is 0 Å². The summed E-state index contributed by atoms with van der Waals surface area (Å²) in [5.41, 5.74) is 5.82. The molecule has 2 amide bonds. The molecule has 2 N–H and O–H groups in total. The van der Waals surface area contributed by atoms with Crippen molar-refractivity contribution >= 4 is 44.8 Å². The molecule has 0 fully saturated rings. The number of aryl methyl sites for hydroxylation is 1. The van der Waals surface area contributed by atoms with Crippen molar-refractivity contribution in [3.63, 3.8) is 0 Å². The molecule has 30 heavy (non-hydrogen) atoms. The monoisotopic (exact) mass is 396 g/mol. The van der Waals surface area contributed by atoms with E-state index in [0.717, 1.165) is 52.6 Å². The van der Waals surface area contributed by atoms with Gasteiger partial charge in [0.2, 0.25) is 0 Å². The fraction of sp³-hybridized carbons (Fsp3) is 0.167. The van der Waals surface area contributed by atoms with Crippen LogP contribution in [0, 0.1) is 0 Å². The van der Waals surface area contributed by atoms with Crippen LogP contribution in [-0.2, 0) is 29.7 Å². The van der Waals surface area contributed by atoms with E-state index in [2.05, 4.69) is 27.3 Å². The second-order valence-electron chi connectivity index (χ2n) is 7.91. The number of aromatic nitrogens is 2. The minimum Gasteiger partial charge on any atom is -0.350 e. The van der Waals surface area contributed by atoms with Gasteiger partial charge in [0.15, 0.2) is 0 Å². The molecular formula is C24H20N4O2. The Morgan fingerprint density at radius 1 is 0.867 bits per heavy atom. The van der Waals surface area contributed by atoms with Crippen molar-refractivity contribution < 1.29 is 9.59 Å². The molecule has 148 valence electrons. The van der Waals surface area contributed by atoms with Gasteiger partial charge >= 0.3 is 0 Å². The fourth-order valence-electron chi connectivity index (χ4n) is 4.89. The van der Waals surface area contributed by atoms with Crippen LogP contribution in [0.1, 0.15) is 16.8 Å². The van der Waals surface area contributed by atoms with Gasteiger partial charge in [0.1, 0.15) is 0 Å². The van der Waals surface area contributed by atoms with Crippen molar-refractivity contribution in [1.82, 2.24) is 19.8 Å². The number of fused-ring (bicyclic) bond motifs is 4. The van der Waals surface area contributed by atoms with Gasteiger partial charge in [-0.15, -0.1) is 0 Å². The molecule has 2 aromatic carbocycles. The molecular weight excluding hydrogens is 376 g/mol. The SMILES string of the molecule is Cn1cc(C2=C(c3cccc4c3cc3n4CCNC3)C(=O)NC2=O)c2ccccc21. The van der Waals surface area contributed by atoms with Crippen LogP contribution in [0.4, 0.5) is 0 Å². The summed E-state index contributed by atoms with van der Waals surface area (Å²) in [7, 11) is 1.95. The predicted octanol–water partition coefficient (Wildman–Crippen LogP) is 2.80. The second kappa shape index (κ2) is 6.18. The molecule has 0 unspecified atom stereocenters. The van der Waals surface area contributed by atoms with E-state index in [1.165, 1.54) is 5.69 Å². The molecule has 2 aliphatic heterocycles. The number of imide groups is 1. The minimum absolute atomic E-state index is 0.335. The highest BCUT2D eigenvalue weighted by molar-refractivity contribution is 6.50. The number of amides is 2. The molecule has 0 saturated heterocycles. The normalized spacial score (nSPS) is 16.6. The van der Waals surface area contributed by atoms with Gasteiger partial charge < -0.3 is 14.5 Å². The van der Waals surface area contributed by atoms with Crippen LogP contribution >= 0.6 is 0 Å². The van der Waals surface area contributed by atoms with Gasteiger partial charge in [0, 0.05) is 65.9 Å². The van der Waals surface area contributed by atoms with Crippen molar-refractivity contribution in [2.75, 3.05) is 6.54 Å². The minimum atomic E-state index is -0.339. The van der Waals surface area contributed by atoms with Crippen molar-refractivity contribution in [2.45, 2.75) is 13.1 Å². The maximum absolute atomic E-state index is 13.0. The Morgan fingerprint density at radius 2 is 1.63 bits per heavy atom. The molecule has 0 radical (unpaired) electrons. The Hall–Kier alpha value is -3.64. The number of hydrogen-bond donors (Lipinski definition) is 2. The van der Waals surface area contributed by atoms with Crippen molar-refractivity contribution in [3.8, 4) is 0 Å². The van der Waals surface area contributed by atoms with Gasteiger partial charge in [-0.25, -0.2) is 0 Å². The number of benzene rings is 2. The third kappa shape index (κ3) is 2.28. The standard InChI is InChI=1S/C24H20N4O2/c1-27-13-18(15-5-2-3-7-19(15)27)22-21(23(29)26-24(22)30)16-6-4-8-20-17(16)11-14-12-25-9-10-28(14)20/h2-8,11,13,25H,9-10,12H2,1H3,(H,26,29,30). The zero-order valence-electron chi connectivity index (χ0n) is 16.5. The van der Waals surface area contributed by atoms with Gasteiger partial charge in [-0.3, -0.25) is 14.9 Å². The zero-order valence-corrected chi connectivity index (χ0v) is 16.5. The molecule has 4 aromatic rings. The molecule has 2 aromatic heterocycles. The number of rotatable bonds is 2. The number of nitrogens with zero attached hydrogens (tertiary/aromatic N) is 2. The summed E-state index contributed by atoms with van der Waals surface area (Å²) in [5, 5.41) is 7.90. The lowest BCUT2D eigenvalue weighted by molar-refractivity contribution is -0.122. The molecule has 0 atom stereocenters. The largest absolute Gasteiger partial charge is 0.350 e. The molecule has 6 rings (SSSR count). The smallest absolute Gasteiger partial charge is 0.259 e. The molecule has 4 heterocycles. The average Bonchev–Trinajstić information content (AvgIpc) is 3.39. The first kappa shape index (κ1) is 17.2. The third-order valence-corrected chi connectivity index (χ3v) is 6.22. The first-order chi connectivity index (χ1) is 14.6. The molecule has 0 aliphatic carbocycles. The molecule has 0 bridgehead atoms. The van der Waals surface area contributed by atoms with E-state index in [-0.39, 0.29) is 11.8 Å². The molecule has 0 spiro atoms. The van der Waals surface area contributed by atoms with Gasteiger partial charge in [-0.1, -0.05) is 30.3 Å². The number of hydrogen-bond acceptors (Lipinski definition) is 3. The molecule has 6 heteroatoms. The summed E-state index contributed by atoms with van der Waals surface area (Å²) < 4.78 is 4.29. The maximum Gasteiger partial charge on any atom is 0.259 e. The van der Waals surface area contributed by atoms with E-state index in [1.54, 1.807) is 0 Å². The summed E-state index contributed by atoms with van der Waals surface area (Å²) in [6.07, 6.45) is 1.94. The second-order valence-corrected chi connectivity index (χ2v) is 7.91. The predicted molar refractivity (Wildman–Crippen MR) is 117 cm³/mol. The summed E-state index contributed by atoms with van der Waals surface area (Å²) >= 11 is 0. The zero-order chi connectivity index (χ0) is 20.4. The number of carbonyl (C=O) groups excluding carboxylic acids is 2. The van der Waals surface area contributed by atoms with E-state index >= 15 is 0 Å². The highest BCUT2D eigenvalue weighted by Crippen LogP contribution is 2.38. The Balaban J connectivity index is 1.67. The van der Waals surface area contributed by atoms with Crippen LogP contribution < -0.4 is 10.6 Å². The van der Waals surface area contributed by atoms with Gasteiger partial charge in [-0.05, 0) is 23.8 Å². The third-order valence-electron chi connectivity index (χ3n) is 6.22. The Labute approximate surface area is 172 Å². The van der Waals surface area contributed by atoms with Crippen LogP contribution in [0.3, 0.4) is 0 Å². The maximum atomic E-state index is 13.0. The van der Waals surface area contributed by atoms with Crippen LogP contribution in [0.5, 0.6) is 0 Å². The van der Waals surface area contributed by atoms with Gasteiger partial charge in [0.25, 0.3) is 11.8 Å². The van der Waals surface area contributed by atoms with Crippen LogP contribution in [0.2, 0.25) is 0 Å². The molecule has 2 aliphatic rings. The lowest BCUT2D eigenvalue weighted by atomic mass is 9.94. The summed E-state index contributed by atoms with van der Waals surface area (Å²) in [4.78, 5) is 25.9.